The summed E-state index contributed by atoms with van der Waals surface area (Å²) >= 11 is 1.54. The molecule has 1 N–H and O–H groups in total. The number of nitrogens with zero attached hydrogens (tertiary/aromatic N) is 4. The molecule has 26 heavy (non-hydrogen) atoms. The Bertz CT molecular complexity index is 918. The number of aryl methyl sites for hydroxylation is 2. The van der Waals surface area contributed by atoms with E-state index in [-0.39, 0.29) is 12.5 Å². The molecule has 0 aliphatic heterocycles. The zero-order chi connectivity index (χ0) is 18.7. The Hall–Kier alpha value is -2.61. The van der Waals surface area contributed by atoms with Crippen LogP contribution in [0.2, 0.25) is 0 Å². The van der Waals surface area contributed by atoms with Gasteiger partial charge in [-0.3, -0.25) is 9.48 Å². The number of ether oxygens (including phenoxy) is 1. The zero-order valence-corrected chi connectivity index (χ0v) is 16.3. The second kappa shape index (κ2) is 7.74. The van der Waals surface area contributed by atoms with Gasteiger partial charge in [-0.2, -0.15) is 5.10 Å². The number of carbonyl (C=O) groups excluding carboxylic acids is 1. The number of aromatic nitrogens is 3. The number of benzene rings is 1. The fourth-order valence-corrected chi connectivity index (χ4v) is 3.72. The molecule has 0 unspecified atom stereocenters. The lowest BCUT2D eigenvalue weighted by Gasteiger charge is -2.15. The largest absolute Gasteiger partial charge is 0.494 e. The predicted molar refractivity (Wildman–Crippen MR) is 104 cm³/mol. The molecule has 7 nitrogen and oxygen atoms in total. The molecule has 0 aliphatic carbocycles. The van der Waals surface area contributed by atoms with Crippen molar-refractivity contribution in [3.8, 4) is 5.75 Å². The summed E-state index contributed by atoms with van der Waals surface area (Å²) in [6.07, 6.45) is 0. The number of rotatable bonds is 7. The van der Waals surface area contributed by atoms with Gasteiger partial charge in [-0.1, -0.05) is 17.4 Å². The average Bonchev–Trinajstić information content (AvgIpc) is 3.17. The number of para-hydroxylation sites is 1. The van der Waals surface area contributed by atoms with Gasteiger partial charge in [0.05, 0.1) is 30.6 Å². The van der Waals surface area contributed by atoms with Crippen LogP contribution in [0.1, 0.15) is 11.4 Å². The van der Waals surface area contributed by atoms with Crippen molar-refractivity contribution in [2.24, 2.45) is 0 Å². The van der Waals surface area contributed by atoms with E-state index in [1.807, 2.05) is 54.7 Å². The summed E-state index contributed by atoms with van der Waals surface area (Å²) in [5.74, 6) is 0.702. The molecule has 0 bridgehead atoms. The summed E-state index contributed by atoms with van der Waals surface area (Å²) in [7, 11) is 3.50. The minimum absolute atomic E-state index is 0.0414. The molecule has 2 heterocycles. The van der Waals surface area contributed by atoms with E-state index >= 15 is 0 Å². The number of anilines is 1. The molecule has 3 aromatic rings. The first-order valence-corrected chi connectivity index (χ1v) is 9.22. The summed E-state index contributed by atoms with van der Waals surface area (Å²) in [5, 5.41) is 8.12. The molecule has 138 valence electrons. The van der Waals surface area contributed by atoms with E-state index in [0.29, 0.717) is 13.1 Å². The van der Waals surface area contributed by atoms with Crippen molar-refractivity contribution in [1.82, 2.24) is 20.1 Å². The number of amides is 1. The number of carbonyl (C=O) groups is 1. The SMILES string of the molecule is COc1cccc2sc(N(C)CC(=O)NCCn3nc(C)cc3C)nc12. The molecule has 0 atom stereocenters. The maximum atomic E-state index is 12.2. The highest BCUT2D eigenvalue weighted by atomic mass is 32.1. The summed E-state index contributed by atoms with van der Waals surface area (Å²) in [6, 6.07) is 7.85. The number of likely N-dealkylation sites (N-methyl/N-ethyl adjacent to an activating group) is 1. The Kier molecular flexibility index (Phi) is 5.41. The van der Waals surface area contributed by atoms with Crippen LogP contribution in [0, 0.1) is 13.8 Å². The fraction of sp³-hybridized carbons (Fsp3) is 0.389. The highest BCUT2D eigenvalue weighted by Crippen LogP contribution is 2.33. The molecule has 0 fully saturated rings. The molecule has 0 saturated heterocycles. The van der Waals surface area contributed by atoms with E-state index < -0.39 is 0 Å². The van der Waals surface area contributed by atoms with Crippen LogP contribution in [-0.2, 0) is 11.3 Å². The second-order valence-corrected chi connectivity index (χ2v) is 7.17. The van der Waals surface area contributed by atoms with Crippen LogP contribution in [0.25, 0.3) is 10.2 Å². The number of fused-ring (bicyclic) bond motifs is 1. The number of thiazole rings is 1. The molecule has 1 aromatic carbocycles. The molecular formula is C18H23N5O2S. The van der Waals surface area contributed by atoms with Gasteiger partial charge in [-0.25, -0.2) is 4.98 Å². The third-order valence-electron chi connectivity index (χ3n) is 4.05. The van der Waals surface area contributed by atoms with Gasteiger partial charge in [0.25, 0.3) is 0 Å². The van der Waals surface area contributed by atoms with Gasteiger partial charge >= 0.3 is 0 Å². The Balaban J connectivity index is 1.56. The zero-order valence-electron chi connectivity index (χ0n) is 15.4. The van der Waals surface area contributed by atoms with Crippen molar-refractivity contribution < 1.29 is 9.53 Å². The normalized spacial score (nSPS) is 10.9. The number of hydrogen-bond acceptors (Lipinski definition) is 6. The van der Waals surface area contributed by atoms with Crippen LogP contribution >= 0.6 is 11.3 Å². The molecule has 0 aliphatic rings. The first-order valence-electron chi connectivity index (χ1n) is 8.40. The standard InChI is InChI=1S/C18H23N5O2S/c1-12-10-13(2)23(21-12)9-8-19-16(24)11-22(3)18-20-17-14(25-4)6-5-7-15(17)26-18/h5-7,10H,8-9,11H2,1-4H3,(H,19,24). The number of methoxy groups -OCH3 is 1. The van der Waals surface area contributed by atoms with E-state index in [9.17, 15) is 4.79 Å². The van der Waals surface area contributed by atoms with Crippen LogP contribution in [0.3, 0.4) is 0 Å². The van der Waals surface area contributed by atoms with Crippen LogP contribution in [0.4, 0.5) is 5.13 Å². The monoisotopic (exact) mass is 373 g/mol. The van der Waals surface area contributed by atoms with Crippen molar-refractivity contribution in [2.75, 3.05) is 32.1 Å². The first kappa shape index (κ1) is 18.2. The highest BCUT2D eigenvalue weighted by Gasteiger charge is 2.14. The van der Waals surface area contributed by atoms with Crippen LogP contribution < -0.4 is 15.0 Å². The van der Waals surface area contributed by atoms with Gasteiger partial charge in [0.15, 0.2) is 5.13 Å². The molecule has 0 spiro atoms. The molecule has 3 rings (SSSR count). The summed E-state index contributed by atoms with van der Waals surface area (Å²) in [6.45, 7) is 5.43. The van der Waals surface area contributed by atoms with E-state index in [0.717, 1.165) is 32.5 Å². The Morgan fingerprint density at radius 2 is 2.19 bits per heavy atom. The van der Waals surface area contributed by atoms with Crippen molar-refractivity contribution in [3.05, 3.63) is 35.7 Å². The molecule has 2 aromatic heterocycles. The number of nitrogens with one attached hydrogen (secondary N) is 1. The van der Waals surface area contributed by atoms with Gasteiger partial charge in [0.1, 0.15) is 11.3 Å². The van der Waals surface area contributed by atoms with Gasteiger partial charge in [-0.05, 0) is 32.0 Å². The molecule has 0 saturated carbocycles. The maximum absolute atomic E-state index is 12.2. The third kappa shape index (κ3) is 3.96. The molecular weight excluding hydrogens is 350 g/mol. The third-order valence-corrected chi connectivity index (χ3v) is 5.18. The lowest BCUT2D eigenvalue weighted by atomic mass is 10.3. The van der Waals surface area contributed by atoms with E-state index in [4.69, 9.17) is 4.74 Å². The quantitative estimate of drug-likeness (QED) is 0.688. The predicted octanol–water partition coefficient (Wildman–Crippen LogP) is 2.37. The van der Waals surface area contributed by atoms with Gasteiger partial charge < -0.3 is 15.0 Å². The molecule has 0 radical (unpaired) electrons. The van der Waals surface area contributed by atoms with Crippen LogP contribution in [0.5, 0.6) is 5.75 Å². The molecule has 8 heteroatoms. The van der Waals surface area contributed by atoms with E-state index in [2.05, 4.69) is 15.4 Å². The van der Waals surface area contributed by atoms with Crippen LogP contribution in [0.15, 0.2) is 24.3 Å². The van der Waals surface area contributed by atoms with Crippen LogP contribution in [-0.4, -0.2) is 47.9 Å². The van der Waals surface area contributed by atoms with E-state index in [1.165, 1.54) is 0 Å². The van der Waals surface area contributed by atoms with Crippen molar-refractivity contribution in [3.63, 3.8) is 0 Å². The van der Waals surface area contributed by atoms with E-state index in [1.54, 1.807) is 18.4 Å². The Labute approximate surface area is 156 Å². The Morgan fingerprint density at radius 1 is 1.38 bits per heavy atom. The first-order chi connectivity index (χ1) is 12.5. The summed E-state index contributed by atoms with van der Waals surface area (Å²) in [4.78, 5) is 18.7. The number of hydrogen-bond donors (Lipinski definition) is 1. The summed E-state index contributed by atoms with van der Waals surface area (Å²) in [5.41, 5.74) is 2.91. The van der Waals surface area contributed by atoms with Crippen molar-refractivity contribution in [1.29, 1.82) is 0 Å². The van der Waals surface area contributed by atoms with Gasteiger partial charge in [0.2, 0.25) is 5.91 Å². The van der Waals surface area contributed by atoms with Crippen molar-refractivity contribution in [2.45, 2.75) is 20.4 Å². The lowest BCUT2D eigenvalue weighted by Crippen LogP contribution is -2.36. The maximum Gasteiger partial charge on any atom is 0.239 e. The minimum Gasteiger partial charge on any atom is -0.494 e. The Morgan fingerprint density at radius 3 is 2.88 bits per heavy atom. The topological polar surface area (TPSA) is 72.3 Å². The van der Waals surface area contributed by atoms with Gasteiger partial charge in [0, 0.05) is 19.3 Å². The second-order valence-electron chi connectivity index (χ2n) is 6.16. The minimum atomic E-state index is -0.0414. The smallest absolute Gasteiger partial charge is 0.239 e. The summed E-state index contributed by atoms with van der Waals surface area (Å²) < 4.78 is 8.29. The lowest BCUT2D eigenvalue weighted by molar-refractivity contribution is -0.119. The average molecular weight is 373 g/mol. The fourth-order valence-electron chi connectivity index (χ4n) is 2.78. The van der Waals surface area contributed by atoms with Gasteiger partial charge in [-0.15, -0.1) is 0 Å². The molecule has 1 amide bonds. The highest BCUT2D eigenvalue weighted by molar-refractivity contribution is 7.22. The van der Waals surface area contributed by atoms with Crippen molar-refractivity contribution >= 4 is 32.6 Å².